The largest absolute Gasteiger partial charge is 0.481 e. The lowest BCUT2D eigenvalue weighted by molar-refractivity contribution is -0.136. The predicted molar refractivity (Wildman–Crippen MR) is 68.5 cm³/mol. The molecule has 1 aromatic carbocycles. The fraction of sp³-hybridized carbons (Fsp3) is 0.286. The van der Waals surface area contributed by atoms with E-state index in [1.807, 2.05) is 6.92 Å². The van der Waals surface area contributed by atoms with Crippen LogP contribution in [0, 0.1) is 0 Å². The topological polar surface area (TPSA) is 74.6 Å². The molecule has 0 atom stereocenters. The smallest absolute Gasteiger partial charge is 0.335 e. The molecule has 0 bridgehead atoms. The molecule has 0 amide bonds. The van der Waals surface area contributed by atoms with Gasteiger partial charge in [0, 0.05) is 0 Å². The fourth-order valence-electron chi connectivity index (χ4n) is 1.70. The lowest BCUT2D eigenvalue weighted by atomic mass is 9.98. The molecule has 1 aromatic rings. The van der Waals surface area contributed by atoms with Gasteiger partial charge in [-0.2, -0.15) is 0 Å². The Kier molecular flexibility index (Phi) is 5.11. The molecular formula is C14H16O4. The Morgan fingerprint density at radius 2 is 1.89 bits per heavy atom. The summed E-state index contributed by atoms with van der Waals surface area (Å²) >= 11 is 0. The minimum Gasteiger partial charge on any atom is -0.481 e. The first kappa shape index (κ1) is 14.0. The van der Waals surface area contributed by atoms with Crippen LogP contribution in [0.15, 0.2) is 30.3 Å². The summed E-state index contributed by atoms with van der Waals surface area (Å²) in [6, 6.07) is 6.57. The molecule has 0 fully saturated rings. The van der Waals surface area contributed by atoms with Crippen LogP contribution in [0.25, 0.3) is 5.57 Å². The number of hydrogen-bond donors (Lipinski definition) is 2. The van der Waals surface area contributed by atoms with Gasteiger partial charge in [0.2, 0.25) is 0 Å². The van der Waals surface area contributed by atoms with Crippen molar-refractivity contribution in [2.24, 2.45) is 0 Å². The fourth-order valence-corrected chi connectivity index (χ4v) is 1.70. The van der Waals surface area contributed by atoms with Crippen LogP contribution in [-0.2, 0) is 4.79 Å². The second-order valence-corrected chi connectivity index (χ2v) is 3.96. The number of rotatable bonds is 6. The number of carboxylic acids is 2. The SMILES string of the molecule is CCC/C(=C\CC(=O)O)c1cccc(C(=O)O)c1. The Hall–Kier alpha value is -2.10. The predicted octanol–water partition coefficient (Wildman–Crippen LogP) is 3.04. The molecule has 2 N–H and O–H groups in total. The van der Waals surface area contributed by atoms with Gasteiger partial charge >= 0.3 is 11.9 Å². The maximum atomic E-state index is 10.9. The summed E-state index contributed by atoms with van der Waals surface area (Å²) in [4.78, 5) is 21.5. The maximum Gasteiger partial charge on any atom is 0.335 e. The lowest BCUT2D eigenvalue weighted by Gasteiger charge is -2.07. The summed E-state index contributed by atoms with van der Waals surface area (Å²) in [6.07, 6.45) is 3.21. The molecule has 0 aromatic heterocycles. The standard InChI is InChI=1S/C14H16O4/c1-2-4-10(7-8-13(15)16)11-5-3-6-12(9-11)14(17)18/h3,5-7,9H,2,4,8H2,1H3,(H,15,16)(H,17,18)/b10-7+. The summed E-state index contributed by atoms with van der Waals surface area (Å²) in [5.41, 5.74) is 1.87. The summed E-state index contributed by atoms with van der Waals surface area (Å²) in [7, 11) is 0. The van der Waals surface area contributed by atoms with Gasteiger partial charge in [-0.3, -0.25) is 4.79 Å². The van der Waals surface area contributed by atoms with Crippen molar-refractivity contribution < 1.29 is 19.8 Å². The van der Waals surface area contributed by atoms with Gasteiger partial charge in [0.15, 0.2) is 0 Å². The summed E-state index contributed by atoms with van der Waals surface area (Å²) < 4.78 is 0. The summed E-state index contributed by atoms with van der Waals surface area (Å²) in [6.45, 7) is 2.00. The second-order valence-electron chi connectivity index (χ2n) is 3.96. The molecule has 0 spiro atoms. The van der Waals surface area contributed by atoms with Crippen LogP contribution in [0.2, 0.25) is 0 Å². The number of aromatic carboxylic acids is 1. The zero-order chi connectivity index (χ0) is 13.5. The van der Waals surface area contributed by atoms with Crippen LogP contribution in [-0.4, -0.2) is 22.2 Å². The van der Waals surface area contributed by atoms with Crippen LogP contribution in [0.3, 0.4) is 0 Å². The van der Waals surface area contributed by atoms with Crippen molar-refractivity contribution in [3.05, 3.63) is 41.5 Å². The van der Waals surface area contributed by atoms with Crippen LogP contribution in [0.1, 0.15) is 42.1 Å². The van der Waals surface area contributed by atoms with E-state index in [-0.39, 0.29) is 12.0 Å². The van der Waals surface area contributed by atoms with Crippen LogP contribution in [0.5, 0.6) is 0 Å². The highest BCUT2D eigenvalue weighted by molar-refractivity contribution is 5.89. The van der Waals surface area contributed by atoms with Crippen LogP contribution in [0.4, 0.5) is 0 Å². The average molecular weight is 248 g/mol. The monoisotopic (exact) mass is 248 g/mol. The van der Waals surface area contributed by atoms with Crippen molar-refractivity contribution in [2.45, 2.75) is 26.2 Å². The minimum absolute atomic E-state index is 0.0490. The van der Waals surface area contributed by atoms with E-state index in [9.17, 15) is 9.59 Å². The molecule has 4 nitrogen and oxygen atoms in total. The van der Waals surface area contributed by atoms with E-state index in [1.54, 1.807) is 24.3 Å². The number of allylic oxidation sites excluding steroid dienone is 1. The van der Waals surface area contributed by atoms with E-state index in [1.165, 1.54) is 6.07 Å². The molecule has 0 aliphatic rings. The molecule has 4 heteroatoms. The lowest BCUT2D eigenvalue weighted by Crippen LogP contribution is -1.98. The van der Waals surface area contributed by atoms with Gasteiger partial charge in [0.25, 0.3) is 0 Å². The third kappa shape index (κ3) is 4.05. The van der Waals surface area contributed by atoms with Crippen LogP contribution >= 0.6 is 0 Å². The highest BCUT2D eigenvalue weighted by Crippen LogP contribution is 2.21. The Labute approximate surface area is 106 Å². The van der Waals surface area contributed by atoms with Gasteiger partial charge in [-0.05, 0) is 29.7 Å². The molecule has 0 heterocycles. The molecule has 0 saturated heterocycles. The molecule has 0 unspecified atom stereocenters. The average Bonchev–Trinajstić information content (AvgIpc) is 2.34. The van der Waals surface area contributed by atoms with Crippen molar-refractivity contribution in [3.63, 3.8) is 0 Å². The molecule has 0 aliphatic carbocycles. The maximum absolute atomic E-state index is 10.9. The summed E-state index contributed by atoms with van der Waals surface area (Å²) in [5, 5.41) is 17.6. The highest BCUT2D eigenvalue weighted by Gasteiger charge is 2.07. The zero-order valence-corrected chi connectivity index (χ0v) is 10.2. The quantitative estimate of drug-likeness (QED) is 0.811. The third-order valence-electron chi connectivity index (χ3n) is 2.52. The molecule has 18 heavy (non-hydrogen) atoms. The van der Waals surface area contributed by atoms with Gasteiger partial charge < -0.3 is 10.2 Å². The number of benzene rings is 1. The molecule has 96 valence electrons. The van der Waals surface area contributed by atoms with E-state index in [2.05, 4.69) is 0 Å². The van der Waals surface area contributed by atoms with Crippen molar-refractivity contribution in [3.8, 4) is 0 Å². The van der Waals surface area contributed by atoms with Crippen molar-refractivity contribution >= 4 is 17.5 Å². The highest BCUT2D eigenvalue weighted by atomic mass is 16.4. The normalized spacial score (nSPS) is 11.3. The van der Waals surface area contributed by atoms with E-state index in [4.69, 9.17) is 10.2 Å². The first-order valence-corrected chi connectivity index (χ1v) is 5.79. The van der Waals surface area contributed by atoms with Crippen LogP contribution < -0.4 is 0 Å². The Balaban J connectivity index is 3.05. The molecule has 1 rings (SSSR count). The van der Waals surface area contributed by atoms with E-state index >= 15 is 0 Å². The second kappa shape index (κ2) is 6.59. The van der Waals surface area contributed by atoms with Gasteiger partial charge in [0.1, 0.15) is 0 Å². The van der Waals surface area contributed by atoms with Crippen molar-refractivity contribution in [2.75, 3.05) is 0 Å². The van der Waals surface area contributed by atoms with E-state index in [0.29, 0.717) is 0 Å². The Bertz CT molecular complexity index is 474. The Morgan fingerprint density at radius 3 is 2.44 bits per heavy atom. The first-order valence-electron chi connectivity index (χ1n) is 5.79. The molecule has 0 radical (unpaired) electrons. The van der Waals surface area contributed by atoms with Gasteiger partial charge in [-0.1, -0.05) is 31.6 Å². The summed E-state index contributed by atoms with van der Waals surface area (Å²) in [5.74, 6) is -1.87. The van der Waals surface area contributed by atoms with Gasteiger partial charge in [-0.15, -0.1) is 0 Å². The number of carboxylic acid groups (broad SMARTS) is 2. The first-order chi connectivity index (χ1) is 8.54. The number of hydrogen-bond acceptors (Lipinski definition) is 2. The third-order valence-corrected chi connectivity index (χ3v) is 2.52. The van der Waals surface area contributed by atoms with E-state index in [0.717, 1.165) is 24.0 Å². The number of carbonyl (C=O) groups is 2. The minimum atomic E-state index is -0.981. The molecular weight excluding hydrogens is 232 g/mol. The van der Waals surface area contributed by atoms with Gasteiger partial charge in [0.05, 0.1) is 12.0 Å². The van der Waals surface area contributed by atoms with Crippen molar-refractivity contribution in [1.82, 2.24) is 0 Å². The van der Waals surface area contributed by atoms with Gasteiger partial charge in [-0.25, -0.2) is 4.79 Å². The van der Waals surface area contributed by atoms with E-state index < -0.39 is 11.9 Å². The van der Waals surface area contributed by atoms with Crippen molar-refractivity contribution in [1.29, 1.82) is 0 Å². The molecule has 0 aliphatic heterocycles. The zero-order valence-electron chi connectivity index (χ0n) is 10.2. The Morgan fingerprint density at radius 1 is 1.22 bits per heavy atom. The molecule has 0 saturated carbocycles. The number of aliphatic carboxylic acids is 1.